The molecule has 0 nitrogen and oxygen atoms in total. The first-order chi connectivity index (χ1) is 4.13. The molecule has 0 atom stereocenters. The lowest BCUT2D eigenvalue weighted by Crippen LogP contribution is -1.71. The van der Waals surface area contributed by atoms with Gasteiger partial charge in [-0.3, -0.25) is 0 Å². The molecule has 0 aliphatic rings. The Morgan fingerprint density at radius 1 is 1.11 bits per heavy atom. The Kier molecular flexibility index (Phi) is 5.75. The van der Waals surface area contributed by atoms with E-state index in [9.17, 15) is 0 Å². The molecule has 0 saturated heterocycles. The average Bonchev–Trinajstić information content (AvgIpc) is 1.63. The maximum atomic E-state index is 2.34. The van der Waals surface area contributed by atoms with E-state index in [0.29, 0.717) is 7.92 Å². The van der Waals surface area contributed by atoms with Crippen molar-refractivity contribution in [2.24, 2.45) is 0 Å². The highest BCUT2D eigenvalue weighted by Gasteiger charge is 1.86. The molecule has 0 aliphatic heterocycles. The zero-order valence-electron chi connectivity index (χ0n) is 6.76. The molecule has 2 heteroatoms. The van der Waals surface area contributed by atoms with Crippen LogP contribution in [0.2, 0.25) is 0 Å². The van der Waals surface area contributed by atoms with Crippen LogP contribution in [0.5, 0.6) is 0 Å². The second-order valence-corrected chi connectivity index (χ2v) is 7.36. The van der Waals surface area contributed by atoms with Gasteiger partial charge in [-0.1, -0.05) is 19.8 Å². The van der Waals surface area contributed by atoms with Crippen molar-refractivity contribution in [3.8, 4) is 0 Å². The lowest BCUT2D eigenvalue weighted by molar-refractivity contribution is 1.74. The highest BCUT2D eigenvalue weighted by molar-refractivity contribution is 7.59. The van der Waals surface area contributed by atoms with Gasteiger partial charge in [-0.05, 0) is 32.8 Å². The minimum absolute atomic E-state index is 0.199. The Labute approximate surface area is 61.2 Å². The Morgan fingerprint density at radius 2 is 1.67 bits per heavy atom. The molecule has 0 unspecified atom stereocenters. The van der Waals surface area contributed by atoms with Gasteiger partial charge < -0.3 is 0 Å². The van der Waals surface area contributed by atoms with Gasteiger partial charge in [0.05, 0.1) is 0 Å². The smallest absolute Gasteiger partial charge is 0.0146 e. The van der Waals surface area contributed by atoms with Crippen molar-refractivity contribution < 1.29 is 0 Å². The van der Waals surface area contributed by atoms with Crippen molar-refractivity contribution in [1.82, 2.24) is 0 Å². The topological polar surface area (TPSA) is 0 Å². The van der Waals surface area contributed by atoms with Crippen molar-refractivity contribution in [2.45, 2.75) is 0 Å². The highest BCUT2D eigenvalue weighted by Crippen LogP contribution is 2.29. The summed E-state index contributed by atoms with van der Waals surface area (Å²) in [4.78, 5) is 0. The molecule has 0 N–H and O–H groups in total. The van der Waals surface area contributed by atoms with Gasteiger partial charge in [-0.25, -0.2) is 0 Å². The number of hydrogen-bond acceptors (Lipinski definition) is 0. The molecular weight excluding hydrogens is 146 g/mol. The molecule has 0 aromatic rings. The zero-order chi connectivity index (χ0) is 7.28. The summed E-state index contributed by atoms with van der Waals surface area (Å²) in [5.74, 6) is 2.34. The van der Waals surface area contributed by atoms with Crippen LogP contribution in [-0.4, -0.2) is 32.8 Å². The van der Waals surface area contributed by atoms with Crippen LogP contribution in [0.15, 0.2) is 11.9 Å². The molecule has 0 rings (SSSR count). The summed E-state index contributed by atoms with van der Waals surface area (Å²) in [6, 6.07) is 0. The first kappa shape index (κ1) is 9.60. The number of hydrogen-bond donors (Lipinski definition) is 0. The van der Waals surface area contributed by atoms with Crippen LogP contribution in [0.3, 0.4) is 0 Å². The van der Waals surface area contributed by atoms with Crippen molar-refractivity contribution in [3.63, 3.8) is 0 Å². The van der Waals surface area contributed by atoms with E-state index in [-0.39, 0.29) is 7.92 Å². The van der Waals surface area contributed by atoms with Gasteiger partial charge in [0, 0.05) is 0 Å². The fraction of sp³-hybridized carbons (Fsp3) is 0.714. The van der Waals surface area contributed by atoms with Crippen LogP contribution >= 0.6 is 15.8 Å². The Morgan fingerprint density at radius 3 is 2.00 bits per heavy atom. The monoisotopic (exact) mass is 162 g/mol. The molecule has 0 spiro atoms. The SMILES string of the molecule is CP(C)/C=C/CP(C)C. The maximum Gasteiger partial charge on any atom is -0.0146 e. The van der Waals surface area contributed by atoms with Gasteiger partial charge in [0.2, 0.25) is 0 Å². The number of allylic oxidation sites excluding steroid dienone is 1. The van der Waals surface area contributed by atoms with E-state index in [1.807, 2.05) is 0 Å². The standard InChI is InChI=1S/C7H16P2/c1-8(2)6-5-7-9(3)4/h5-6H,7H2,1-4H3/b6-5+. The van der Waals surface area contributed by atoms with Crippen molar-refractivity contribution in [1.29, 1.82) is 0 Å². The molecule has 0 aromatic heterocycles. The van der Waals surface area contributed by atoms with E-state index in [1.165, 1.54) is 6.16 Å². The predicted molar refractivity (Wildman–Crippen MR) is 51.5 cm³/mol. The van der Waals surface area contributed by atoms with Crippen molar-refractivity contribution >= 4 is 15.8 Å². The average molecular weight is 162 g/mol. The van der Waals surface area contributed by atoms with E-state index in [0.717, 1.165) is 0 Å². The molecule has 9 heavy (non-hydrogen) atoms. The van der Waals surface area contributed by atoms with E-state index in [1.54, 1.807) is 0 Å². The molecule has 0 heterocycles. The van der Waals surface area contributed by atoms with Gasteiger partial charge in [0.1, 0.15) is 0 Å². The Balaban J connectivity index is 3.25. The third-order valence-corrected chi connectivity index (χ3v) is 2.62. The fourth-order valence-electron chi connectivity index (χ4n) is 0.469. The first-order valence-electron chi connectivity index (χ1n) is 3.10. The molecule has 0 aromatic carbocycles. The van der Waals surface area contributed by atoms with E-state index in [4.69, 9.17) is 0 Å². The van der Waals surface area contributed by atoms with Crippen LogP contribution in [0.25, 0.3) is 0 Å². The summed E-state index contributed by atoms with van der Waals surface area (Å²) in [6.45, 7) is 9.18. The Hall–Kier alpha value is 0.600. The summed E-state index contributed by atoms with van der Waals surface area (Å²) in [7, 11) is 0.491. The molecular formula is C7H16P2. The summed E-state index contributed by atoms with van der Waals surface area (Å²) < 4.78 is 0. The summed E-state index contributed by atoms with van der Waals surface area (Å²) >= 11 is 0. The van der Waals surface area contributed by atoms with E-state index < -0.39 is 0 Å². The largest absolute Gasteiger partial charge is 0.109 e. The Bertz CT molecular complexity index is 84.9. The maximum absolute atomic E-state index is 2.34. The lowest BCUT2D eigenvalue weighted by Gasteiger charge is -1.99. The minimum atomic E-state index is 0.199. The summed E-state index contributed by atoms with van der Waals surface area (Å²) in [6.07, 6.45) is 3.63. The van der Waals surface area contributed by atoms with Crippen LogP contribution in [-0.2, 0) is 0 Å². The lowest BCUT2D eigenvalue weighted by atomic mass is 10.8. The van der Waals surface area contributed by atoms with E-state index in [2.05, 4.69) is 38.6 Å². The molecule has 0 bridgehead atoms. The van der Waals surface area contributed by atoms with Gasteiger partial charge >= 0.3 is 0 Å². The predicted octanol–water partition coefficient (Wildman–Crippen LogP) is 2.98. The molecule has 0 fully saturated rings. The minimum Gasteiger partial charge on any atom is -0.109 e. The third kappa shape index (κ3) is 8.60. The number of rotatable bonds is 3. The molecule has 0 radical (unpaired) electrons. The first-order valence-corrected chi connectivity index (χ1v) is 7.83. The highest BCUT2D eigenvalue weighted by atomic mass is 31.1. The molecule has 54 valence electrons. The third-order valence-electron chi connectivity index (χ3n) is 0.874. The van der Waals surface area contributed by atoms with Gasteiger partial charge in [0.25, 0.3) is 0 Å². The van der Waals surface area contributed by atoms with Crippen LogP contribution in [0.1, 0.15) is 0 Å². The van der Waals surface area contributed by atoms with Crippen LogP contribution in [0.4, 0.5) is 0 Å². The van der Waals surface area contributed by atoms with Crippen LogP contribution < -0.4 is 0 Å². The van der Waals surface area contributed by atoms with Gasteiger partial charge in [0.15, 0.2) is 0 Å². The second-order valence-electron chi connectivity index (χ2n) is 2.61. The fourth-order valence-corrected chi connectivity index (χ4v) is 1.69. The molecule has 0 saturated carbocycles. The molecule has 0 aliphatic carbocycles. The second kappa shape index (κ2) is 5.39. The summed E-state index contributed by atoms with van der Waals surface area (Å²) in [5, 5.41) is 0. The van der Waals surface area contributed by atoms with Crippen LogP contribution in [0, 0.1) is 0 Å². The zero-order valence-corrected chi connectivity index (χ0v) is 8.55. The van der Waals surface area contributed by atoms with Crippen molar-refractivity contribution in [3.05, 3.63) is 11.9 Å². The summed E-state index contributed by atoms with van der Waals surface area (Å²) in [5.41, 5.74) is 0. The van der Waals surface area contributed by atoms with E-state index >= 15 is 0 Å². The normalized spacial score (nSPS) is 12.2. The quantitative estimate of drug-likeness (QED) is 0.559. The van der Waals surface area contributed by atoms with Crippen molar-refractivity contribution in [2.75, 3.05) is 32.8 Å². The van der Waals surface area contributed by atoms with Gasteiger partial charge in [-0.15, -0.1) is 7.92 Å². The molecule has 0 amide bonds. The van der Waals surface area contributed by atoms with Gasteiger partial charge in [-0.2, -0.15) is 0 Å².